The summed E-state index contributed by atoms with van der Waals surface area (Å²) < 4.78 is 26.0. The lowest BCUT2D eigenvalue weighted by molar-refractivity contribution is 0.107. The number of halogens is 2. The minimum absolute atomic E-state index is 0.134. The molecule has 1 heterocycles. The molecule has 0 N–H and O–H groups in total. The molecule has 0 saturated carbocycles. The molecule has 1 aliphatic heterocycles. The lowest BCUT2D eigenvalue weighted by Crippen LogP contribution is -2.44. The molecule has 0 aromatic heterocycles. The fraction of sp³-hybridized carbons (Fsp3) is 1.00. The van der Waals surface area contributed by atoms with E-state index in [0.717, 1.165) is 0 Å². The summed E-state index contributed by atoms with van der Waals surface area (Å²) in [5.41, 5.74) is -0.134. The first-order valence-corrected chi connectivity index (χ1v) is 4.39. The third-order valence-corrected chi connectivity index (χ3v) is 2.53. The molecule has 0 aromatic rings. The summed E-state index contributed by atoms with van der Waals surface area (Å²) in [6.07, 6.45) is -2.62. The Labute approximate surface area is 72.7 Å². The topological polar surface area (TPSA) is 3.24 Å². The van der Waals surface area contributed by atoms with Crippen LogP contribution in [-0.4, -0.2) is 35.4 Å². The summed E-state index contributed by atoms with van der Waals surface area (Å²) in [5, 5.41) is 0. The lowest BCUT2D eigenvalue weighted by Gasteiger charge is -2.35. The summed E-state index contributed by atoms with van der Waals surface area (Å²) in [7, 11) is 0. The van der Waals surface area contributed by atoms with E-state index >= 15 is 0 Å². The van der Waals surface area contributed by atoms with E-state index in [1.807, 2.05) is 25.7 Å². The number of alkyl halides is 2. The number of rotatable bonds is 0. The maximum absolute atomic E-state index is 13.1. The third kappa shape index (κ3) is 1.60. The first-order chi connectivity index (χ1) is 5.34. The molecule has 3 heteroatoms. The van der Waals surface area contributed by atoms with Gasteiger partial charge >= 0.3 is 0 Å². The van der Waals surface area contributed by atoms with Gasteiger partial charge in [-0.3, -0.25) is 4.90 Å². The molecule has 0 aliphatic carbocycles. The van der Waals surface area contributed by atoms with Gasteiger partial charge in [-0.2, -0.15) is 0 Å². The fourth-order valence-corrected chi connectivity index (χ4v) is 1.81. The first kappa shape index (κ1) is 9.90. The summed E-state index contributed by atoms with van der Waals surface area (Å²) in [5.74, 6) is 0. The van der Waals surface area contributed by atoms with E-state index < -0.39 is 12.3 Å². The predicted molar refractivity (Wildman–Crippen MR) is 45.7 cm³/mol. The van der Waals surface area contributed by atoms with Crippen molar-refractivity contribution in [2.75, 3.05) is 6.54 Å². The summed E-state index contributed by atoms with van der Waals surface area (Å²) in [6, 6.07) is -0.292. The molecule has 0 unspecified atom stereocenters. The molecule has 3 atom stereocenters. The first-order valence-electron chi connectivity index (χ1n) is 4.39. The van der Waals surface area contributed by atoms with Crippen molar-refractivity contribution in [1.82, 2.24) is 4.90 Å². The minimum atomic E-state index is -1.32. The Morgan fingerprint density at radius 1 is 1.25 bits per heavy atom. The monoisotopic (exact) mass is 177 g/mol. The highest BCUT2D eigenvalue weighted by molar-refractivity contribution is 4.96. The van der Waals surface area contributed by atoms with Gasteiger partial charge in [0.1, 0.15) is 12.3 Å². The van der Waals surface area contributed by atoms with Gasteiger partial charge in [-0.05, 0) is 27.7 Å². The second-order valence-electron chi connectivity index (χ2n) is 4.52. The number of hydrogen-bond acceptors (Lipinski definition) is 1. The highest BCUT2D eigenvalue weighted by Crippen LogP contribution is 2.29. The van der Waals surface area contributed by atoms with Crippen LogP contribution >= 0.6 is 0 Å². The van der Waals surface area contributed by atoms with Crippen LogP contribution in [0.25, 0.3) is 0 Å². The van der Waals surface area contributed by atoms with Crippen LogP contribution in [0.3, 0.4) is 0 Å². The van der Waals surface area contributed by atoms with Crippen molar-refractivity contribution < 1.29 is 8.78 Å². The summed E-state index contributed by atoms with van der Waals surface area (Å²) in [6.45, 7) is 7.91. The van der Waals surface area contributed by atoms with Crippen LogP contribution < -0.4 is 0 Å². The molecular formula is C9H17F2N. The van der Waals surface area contributed by atoms with Gasteiger partial charge in [0.25, 0.3) is 0 Å². The Bertz CT molecular complexity index is 164. The molecule has 0 bridgehead atoms. The number of nitrogens with zero attached hydrogens (tertiary/aromatic N) is 1. The molecule has 0 aromatic carbocycles. The minimum Gasteiger partial charge on any atom is -0.290 e. The normalized spacial score (nSPS) is 39.0. The van der Waals surface area contributed by atoms with Gasteiger partial charge in [-0.15, -0.1) is 0 Å². The van der Waals surface area contributed by atoms with Gasteiger partial charge < -0.3 is 0 Å². The van der Waals surface area contributed by atoms with E-state index in [4.69, 9.17) is 0 Å². The Morgan fingerprint density at radius 2 is 1.75 bits per heavy atom. The molecule has 1 fully saturated rings. The lowest BCUT2D eigenvalue weighted by atomic mass is 10.1. The van der Waals surface area contributed by atoms with Crippen molar-refractivity contribution in [1.29, 1.82) is 0 Å². The molecule has 0 radical (unpaired) electrons. The van der Waals surface area contributed by atoms with Gasteiger partial charge in [-0.25, -0.2) is 8.78 Å². The van der Waals surface area contributed by atoms with Gasteiger partial charge in [-0.1, -0.05) is 0 Å². The SMILES string of the molecule is C[C@@H]1[C@@H](F)[C@H](F)CN1C(C)(C)C. The zero-order valence-electron chi connectivity index (χ0n) is 8.14. The van der Waals surface area contributed by atoms with Gasteiger partial charge in [0.15, 0.2) is 0 Å². The van der Waals surface area contributed by atoms with E-state index in [9.17, 15) is 8.78 Å². The van der Waals surface area contributed by atoms with Gasteiger partial charge in [0, 0.05) is 18.1 Å². The van der Waals surface area contributed by atoms with Crippen LogP contribution in [0.4, 0.5) is 8.78 Å². The number of hydrogen-bond donors (Lipinski definition) is 0. The van der Waals surface area contributed by atoms with Gasteiger partial charge in [0.2, 0.25) is 0 Å². The standard InChI is InChI=1S/C9H17F2N/c1-6-8(11)7(10)5-12(6)9(2,3)4/h6-8H,5H2,1-4H3/t6-,7-,8-/m1/s1. The Kier molecular flexibility index (Phi) is 2.43. The highest BCUT2D eigenvalue weighted by Gasteiger charge is 2.43. The quantitative estimate of drug-likeness (QED) is 0.548. The predicted octanol–water partition coefficient (Wildman–Crippen LogP) is 2.17. The molecule has 1 rings (SSSR count). The van der Waals surface area contributed by atoms with E-state index in [-0.39, 0.29) is 18.1 Å². The molecule has 0 spiro atoms. The Hall–Kier alpha value is -0.180. The van der Waals surface area contributed by atoms with Crippen LogP contribution in [0.1, 0.15) is 27.7 Å². The average molecular weight is 177 g/mol. The molecule has 1 nitrogen and oxygen atoms in total. The largest absolute Gasteiger partial charge is 0.290 e. The van der Waals surface area contributed by atoms with Crippen molar-refractivity contribution in [3.8, 4) is 0 Å². The van der Waals surface area contributed by atoms with E-state index in [1.165, 1.54) is 0 Å². The average Bonchev–Trinajstić information content (AvgIpc) is 2.15. The van der Waals surface area contributed by atoms with Gasteiger partial charge in [0.05, 0.1) is 0 Å². The molecule has 12 heavy (non-hydrogen) atoms. The maximum Gasteiger partial charge on any atom is 0.148 e. The number of likely N-dealkylation sites (tertiary alicyclic amines) is 1. The van der Waals surface area contributed by atoms with Crippen LogP contribution in [-0.2, 0) is 0 Å². The Balaban J connectivity index is 2.71. The van der Waals surface area contributed by atoms with Crippen molar-refractivity contribution in [3.63, 3.8) is 0 Å². The second kappa shape index (κ2) is 2.95. The zero-order chi connectivity index (χ0) is 9.52. The van der Waals surface area contributed by atoms with Crippen LogP contribution in [0.15, 0.2) is 0 Å². The molecule has 0 amide bonds. The smallest absolute Gasteiger partial charge is 0.148 e. The molecule has 1 saturated heterocycles. The maximum atomic E-state index is 13.1. The van der Waals surface area contributed by atoms with Crippen LogP contribution in [0, 0.1) is 0 Å². The molecule has 1 aliphatic rings. The third-order valence-electron chi connectivity index (χ3n) is 2.53. The molecule has 72 valence electrons. The highest BCUT2D eigenvalue weighted by atomic mass is 19.2. The summed E-state index contributed by atoms with van der Waals surface area (Å²) in [4.78, 5) is 1.88. The van der Waals surface area contributed by atoms with Crippen LogP contribution in [0.5, 0.6) is 0 Å². The van der Waals surface area contributed by atoms with Crippen molar-refractivity contribution in [2.45, 2.75) is 51.6 Å². The summed E-state index contributed by atoms with van der Waals surface area (Å²) >= 11 is 0. The van der Waals surface area contributed by atoms with Crippen molar-refractivity contribution >= 4 is 0 Å². The Morgan fingerprint density at radius 3 is 1.92 bits per heavy atom. The second-order valence-corrected chi connectivity index (χ2v) is 4.52. The van der Waals surface area contributed by atoms with E-state index in [1.54, 1.807) is 6.92 Å². The van der Waals surface area contributed by atoms with E-state index in [0.29, 0.717) is 0 Å². The van der Waals surface area contributed by atoms with Crippen molar-refractivity contribution in [3.05, 3.63) is 0 Å². The molecular weight excluding hydrogens is 160 g/mol. The van der Waals surface area contributed by atoms with E-state index in [2.05, 4.69) is 0 Å². The fourth-order valence-electron chi connectivity index (χ4n) is 1.81. The van der Waals surface area contributed by atoms with Crippen LogP contribution in [0.2, 0.25) is 0 Å². The zero-order valence-corrected chi connectivity index (χ0v) is 8.14. The van der Waals surface area contributed by atoms with Crippen molar-refractivity contribution in [2.24, 2.45) is 0 Å².